The standard InChI is InChI=1S/C36H46N6O4/c1-5-46-34(43)19-25-8-12-27(13-9-25)36(44)41-35-30(29(16-17-38-35)28-21-39-42(22-28)23(2)3)18-24-6-10-26(11-7-24)31-14-15-33(45-4)32(20-37)40-31/h14-17,21-27H,5-13,18-19H2,1-4H3,(H,38,41,44). The second kappa shape index (κ2) is 15.4. The number of anilines is 1. The number of hydrogen-bond acceptors (Lipinski definition) is 8. The number of hydrogen-bond donors (Lipinski definition) is 1. The van der Waals surface area contributed by atoms with Crippen LogP contribution >= 0.6 is 0 Å². The highest BCUT2D eigenvalue weighted by Crippen LogP contribution is 2.40. The Kier molecular flexibility index (Phi) is 11.1. The van der Waals surface area contributed by atoms with Crippen molar-refractivity contribution < 1.29 is 19.1 Å². The molecule has 0 atom stereocenters. The molecule has 2 fully saturated rings. The summed E-state index contributed by atoms with van der Waals surface area (Å²) in [6.07, 6.45) is 14.1. The summed E-state index contributed by atoms with van der Waals surface area (Å²) >= 11 is 0. The van der Waals surface area contributed by atoms with Crippen molar-refractivity contribution in [2.24, 2.45) is 17.8 Å². The zero-order valence-electron chi connectivity index (χ0n) is 27.5. The third kappa shape index (κ3) is 7.93. The molecule has 10 nitrogen and oxygen atoms in total. The minimum atomic E-state index is -0.150. The van der Waals surface area contributed by atoms with Crippen molar-refractivity contribution in [1.29, 1.82) is 5.26 Å². The summed E-state index contributed by atoms with van der Waals surface area (Å²) in [6.45, 7) is 6.43. The highest BCUT2D eigenvalue weighted by Gasteiger charge is 2.30. The lowest BCUT2D eigenvalue weighted by Crippen LogP contribution is -2.29. The third-order valence-corrected chi connectivity index (χ3v) is 9.68. The molecule has 3 aromatic heterocycles. The highest BCUT2D eigenvalue weighted by molar-refractivity contribution is 5.93. The zero-order chi connectivity index (χ0) is 32.6. The van der Waals surface area contributed by atoms with Crippen LogP contribution in [0.4, 0.5) is 5.82 Å². The van der Waals surface area contributed by atoms with Crippen LogP contribution in [-0.2, 0) is 20.7 Å². The molecule has 0 radical (unpaired) electrons. The number of aromatic nitrogens is 4. The number of amides is 1. The van der Waals surface area contributed by atoms with Gasteiger partial charge in [-0.1, -0.05) is 0 Å². The predicted octanol–water partition coefficient (Wildman–Crippen LogP) is 7.02. The summed E-state index contributed by atoms with van der Waals surface area (Å²) in [4.78, 5) is 34.9. The summed E-state index contributed by atoms with van der Waals surface area (Å²) in [5.74, 6) is 1.87. The summed E-state index contributed by atoms with van der Waals surface area (Å²) in [6, 6.07) is 8.24. The van der Waals surface area contributed by atoms with Crippen LogP contribution in [0.25, 0.3) is 11.1 Å². The summed E-state index contributed by atoms with van der Waals surface area (Å²) in [5, 5.41) is 17.3. The number of carbonyl (C=O) groups is 2. The number of rotatable bonds is 11. The van der Waals surface area contributed by atoms with Crippen molar-refractivity contribution in [3.63, 3.8) is 0 Å². The van der Waals surface area contributed by atoms with Gasteiger partial charge in [0.25, 0.3) is 0 Å². The second-order valence-corrected chi connectivity index (χ2v) is 13.0. The molecule has 5 rings (SSSR count). The molecule has 0 aliphatic heterocycles. The highest BCUT2D eigenvalue weighted by atomic mass is 16.5. The SMILES string of the molecule is CCOC(=O)CC1CCC(C(=O)Nc2nccc(-c3cnn(C(C)C)c3)c2CC2CCC(c3ccc(OC)c(C#N)n3)CC2)CC1. The van der Waals surface area contributed by atoms with E-state index in [1.807, 2.05) is 36.0 Å². The molecule has 244 valence electrons. The minimum Gasteiger partial charge on any atom is -0.494 e. The smallest absolute Gasteiger partial charge is 0.306 e. The van der Waals surface area contributed by atoms with E-state index in [1.54, 1.807) is 13.3 Å². The predicted molar refractivity (Wildman–Crippen MR) is 175 cm³/mol. The van der Waals surface area contributed by atoms with Crippen LogP contribution in [0.1, 0.15) is 107 Å². The molecule has 0 unspecified atom stereocenters. The lowest BCUT2D eigenvalue weighted by atomic mass is 9.77. The van der Waals surface area contributed by atoms with Gasteiger partial charge in [-0.05, 0) is 114 Å². The average Bonchev–Trinajstić information content (AvgIpc) is 3.57. The van der Waals surface area contributed by atoms with E-state index in [4.69, 9.17) is 14.5 Å². The molecule has 0 saturated heterocycles. The van der Waals surface area contributed by atoms with Gasteiger partial charge in [0.1, 0.15) is 11.9 Å². The van der Waals surface area contributed by atoms with E-state index in [2.05, 4.69) is 41.5 Å². The Balaban J connectivity index is 1.30. The molecule has 2 saturated carbocycles. The van der Waals surface area contributed by atoms with Crippen molar-refractivity contribution in [2.75, 3.05) is 19.0 Å². The number of nitriles is 1. The molecule has 1 N–H and O–H groups in total. The van der Waals surface area contributed by atoms with E-state index < -0.39 is 0 Å². The van der Waals surface area contributed by atoms with Crippen LogP contribution in [0.15, 0.2) is 36.8 Å². The van der Waals surface area contributed by atoms with Crippen molar-refractivity contribution in [3.05, 3.63) is 53.7 Å². The van der Waals surface area contributed by atoms with Gasteiger partial charge in [0.05, 0.1) is 19.9 Å². The van der Waals surface area contributed by atoms with Gasteiger partial charge in [0.15, 0.2) is 11.4 Å². The first-order chi connectivity index (χ1) is 22.3. The molecule has 0 aromatic carbocycles. The topological polar surface area (TPSA) is 132 Å². The largest absolute Gasteiger partial charge is 0.494 e. The first-order valence-electron chi connectivity index (χ1n) is 16.7. The molecule has 3 aromatic rings. The number of carbonyl (C=O) groups excluding carboxylic acids is 2. The molecule has 1 amide bonds. The van der Waals surface area contributed by atoms with Crippen LogP contribution in [0.2, 0.25) is 0 Å². The van der Waals surface area contributed by atoms with Crippen LogP contribution in [-0.4, -0.2) is 45.3 Å². The zero-order valence-corrected chi connectivity index (χ0v) is 27.5. The number of nitrogens with one attached hydrogen (secondary N) is 1. The first-order valence-corrected chi connectivity index (χ1v) is 16.7. The quantitative estimate of drug-likeness (QED) is 0.225. The Hall–Kier alpha value is -4.26. The Bertz CT molecular complexity index is 1540. The van der Waals surface area contributed by atoms with Crippen molar-refractivity contribution in [3.8, 4) is 22.9 Å². The van der Waals surface area contributed by atoms with Crippen LogP contribution in [0.3, 0.4) is 0 Å². The molecule has 2 aliphatic rings. The van der Waals surface area contributed by atoms with Gasteiger partial charge in [-0.15, -0.1) is 0 Å². The maximum atomic E-state index is 13.6. The number of methoxy groups -OCH3 is 1. The Labute approximate surface area is 271 Å². The van der Waals surface area contributed by atoms with E-state index >= 15 is 0 Å². The van der Waals surface area contributed by atoms with Crippen molar-refractivity contribution in [2.45, 2.75) is 96.9 Å². The van der Waals surface area contributed by atoms with E-state index in [9.17, 15) is 14.9 Å². The monoisotopic (exact) mass is 626 g/mol. The lowest BCUT2D eigenvalue weighted by molar-refractivity contribution is -0.144. The average molecular weight is 627 g/mol. The summed E-state index contributed by atoms with van der Waals surface area (Å²) < 4.78 is 12.4. The fourth-order valence-corrected chi connectivity index (χ4v) is 7.02. The Morgan fingerprint density at radius 1 is 1.07 bits per heavy atom. The molecule has 0 bridgehead atoms. The van der Waals surface area contributed by atoms with Gasteiger partial charge in [-0.25, -0.2) is 9.97 Å². The van der Waals surface area contributed by atoms with E-state index in [0.29, 0.717) is 42.1 Å². The number of pyridine rings is 2. The minimum absolute atomic E-state index is 0.000876. The molecule has 3 heterocycles. The summed E-state index contributed by atoms with van der Waals surface area (Å²) in [7, 11) is 1.55. The van der Waals surface area contributed by atoms with E-state index in [0.717, 1.165) is 80.2 Å². The molecule has 0 spiro atoms. The lowest BCUT2D eigenvalue weighted by Gasteiger charge is -2.30. The van der Waals surface area contributed by atoms with Gasteiger partial charge >= 0.3 is 5.97 Å². The van der Waals surface area contributed by atoms with Gasteiger partial charge < -0.3 is 14.8 Å². The van der Waals surface area contributed by atoms with Gasteiger partial charge in [-0.3, -0.25) is 14.3 Å². The number of esters is 1. The van der Waals surface area contributed by atoms with Crippen molar-refractivity contribution >= 4 is 17.7 Å². The van der Waals surface area contributed by atoms with E-state index in [1.165, 1.54) is 0 Å². The fourth-order valence-electron chi connectivity index (χ4n) is 7.02. The Morgan fingerprint density at radius 2 is 1.80 bits per heavy atom. The maximum Gasteiger partial charge on any atom is 0.306 e. The van der Waals surface area contributed by atoms with Crippen LogP contribution < -0.4 is 10.1 Å². The first kappa shape index (κ1) is 33.1. The fraction of sp³-hybridized carbons (Fsp3) is 0.556. The molecular weight excluding hydrogens is 580 g/mol. The van der Waals surface area contributed by atoms with E-state index in [-0.39, 0.29) is 29.8 Å². The summed E-state index contributed by atoms with van der Waals surface area (Å²) in [5.41, 5.74) is 4.39. The van der Waals surface area contributed by atoms with Crippen LogP contribution in [0.5, 0.6) is 5.75 Å². The third-order valence-electron chi connectivity index (χ3n) is 9.68. The van der Waals surface area contributed by atoms with Crippen LogP contribution in [0, 0.1) is 29.1 Å². The van der Waals surface area contributed by atoms with Gasteiger partial charge in [0, 0.05) is 53.5 Å². The van der Waals surface area contributed by atoms with Crippen molar-refractivity contribution in [1.82, 2.24) is 19.7 Å². The molecule has 46 heavy (non-hydrogen) atoms. The Morgan fingerprint density at radius 3 is 2.46 bits per heavy atom. The van der Waals surface area contributed by atoms with Gasteiger partial charge in [-0.2, -0.15) is 10.4 Å². The normalized spacial score (nSPS) is 21.4. The van der Waals surface area contributed by atoms with Gasteiger partial charge in [0.2, 0.25) is 5.91 Å². The molecular formula is C36H46N6O4. The molecule has 10 heteroatoms. The number of ether oxygens (including phenoxy) is 2. The maximum absolute atomic E-state index is 13.6. The molecule has 2 aliphatic carbocycles. The second-order valence-electron chi connectivity index (χ2n) is 13.0. The number of nitrogens with zero attached hydrogens (tertiary/aromatic N) is 5.